The van der Waals surface area contributed by atoms with Crippen LogP contribution >= 0.6 is 15.9 Å². The SMILES string of the molecule is Brc1noc(C2CCCNC2)n1. The van der Waals surface area contributed by atoms with E-state index in [1.54, 1.807) is 0 Å². The first-order valence-electron chi connectivity index (χ1n) is 4.06. The molecule has 1 N–H and O–H groups in total. The van der Waals surface area contributed by atoms with Crippen molar-refractivity contribution in [1.82, 2.24) is 15.5 Å². The van der Waals surface area contributed by atoms with E-state index in [-0.39, 0.29) is 0 Å². The van der Waals surface area contributed by atoms with E-state index in [2.05, 4.69) is 31.4 Å². The minimum absolute atomic E-state index is 0.401. The molecule has 1 saturated heterocycles. The van der Waals surface area contributed by atoms with E-state index in [9.17, 15) is 0 Å². The Morgan fingerprint density at radius 2 is 2.50 bits per heavy atom. The summed E-state index contributed by atoms with van der Waals surface area (Å²) in [4.78, 5) is 4.13. The average Bonchev–Trinajstić information content (AvgIpc) is 2.54. The highest BCUT2D eigenvalue weighted by molar-refractivity contribution is 9.10. The number of nitrogens with one attached hydrogen (secondary N) is 1. The topological polar surface area (TPSA) is 51.0 Å². The molecule has 0 aliphatic carbocycles. The van der Waals surface area contributed by atoms with Gasteiger partial charge in [-0.1, -0.05) is 0 Å². The molecule has 0 amide bonds. The maximum Gasteiger partial charge on any atom is 0.238 e. The molecule has 0 radical (unpaired) electrons. The molecule has 1 fully saturated rings. The summed E-state index contributed by atoms with van der Waals surface area (Å²) in [5.74, 6) is 1.15. The quantitative estimate of drug-likeness (QED) is 0.792. The second-order valence-electron chi connectivity index (χ2n) is 2.94. The van der Waals surface area contributed by atoms with Crippen molar-refractivity contribution in [2.24, 2.45) is 0 Å². The summed E-state index contributed by atoms with van der Waals surface area (Å²) < 4.78 is 5.60. The van der Waals surface area contributed by atoms with Crippen molar-refractivity contribution >= 4 is 15.9 Å². The Balaban J connectivity index is 2.08. The lowest BCUT2D eigenvalue weighted by Gasteiger charge is -2.18. The molecule has 1 aromatic heterocycles. The zero-order chi connectivity index (χ0) is 8.39. The Bertz CT molecular complexity index is 257. The second kappa shape index (κ2) is 3.53. The van der Waals surface area contributed by atoms with Crippen LogP contribution in [-0.4, -0.2) is 23.2 Å². The highest BCUT2D eigenvalue weighted by Crippen LogP contribution is 2.22. The summed E-state index contributed by atoms with van der Waals surface area (Å²) in [6, 6.07) is 0. The van der Waals surface area contributed by atoms with Crippen LogP contribution in [0, 0.1) is 0 Å². The third-order valence-electron chi connectivity index (χ3n) is 2.06. The third kappa shape index (κ3) is 1.67. The lowest BCUT2D eigenvalue weighted by atomic mass is 10.00. The van der Waals surface area contributed by atoms with Crippen molar-refractivity contribution in [1.29, 1.82) is 0 Å². The first-order valence-corrected chi connectivity index (χ1v) is 4.85. The van der Waals surface area contributed by atoms with Crippen LogP contribution in [0.4, 0.5) is 0 Å². The number of hydrogen-bond donors (Lipinski definition) is 1. The van der Waals surface area contributed by atoms with Crippen LogP contribution in [-0.2, 0) is 0 Å². The Labute approximate surface area is 78.9 Å². The average molecular weight is 232 g/mol. The van der Waals surface area contributed by atoms with Crippen molar-refractivity contribution in [3.05, 3.63) is 10.6 Å². The minimum Gasteiger partial charge on any atom is -0.338 e. The van der Waals surface area contributed by atoms with Crippen molar-refractivity contribution in [2.75, 3.05) is 13.1 Å². The Hall–Kier alpha value is -0.420. The summed E-state index contributed by atoms with van der Waals surface area (Å²) in [5.41, 5.74) is 0. The summed E-state index contributed by atoms with van der Waals surface area (Å²) in [7, 11) is 0. The van der Waals surface area contributed by atoms with Gasteiger partial charge in [-0.25, -0.2) is 0 Å². The molecule has 0 saturated carbocycles. The maximum absolute atomic E-state index is 5.06. The van der Waals surface area contributed by atoms with Crippen LogP contribution in [0.5, 0.6) is 0 Å². The van der Waals surface area contributed by atoms with E-state index >= 15 is 0 Å². The lowest BCUT2D eigenvalue weighted by molar-refractivity contribution is 0.321. The summed E-state index contributed by atoms with van der Waals surface area (Å²) >= 11 is 3.16. The van der Waals surface area contributed by atoms with Gasteiger partial charge in [0.1, 0.15) is 0 Å². The van der Waals surface area contributed by atoms with Gasteiger partial charge in [-0.2, -0.15) is 4.98 Å². The normalized spacial score (nSPS) is 24.2. The molecule has 1 aromatic rings. The van der Waals surface area contributed by atoms with Gasteiger partial charge in [-0.3, -0.25) is 0 Å². The smallest absolute Gasteiger partial charge is 0.238 e. The van der Waals surface area contributed by atoms with E-state index in [1.807, 2.05) is 0 Å². The molecule has 1 unspecified atom stereocenters. The van der Waals surface area contributed by atoms with Gasteiger partial charge in [-0.15, -0.1) is 0 Å². The number of rotatable bonds is 1. The monoisotopic (exact) mass is 231 g/mol. The zero-order valence-electron chi connectivity index (χ0n) is 6.59. The van der Waals surface area contributed by atoms with Gasteiger partial charge in [0.15, 0.2) is 0 Å². The minimum atomic E-state index is 0.401. The molecule has 0 bridgehead atoms. The van der Waals surface area contributed by atoms with Gasteiger partial charge in [0.2, 0.25) is 10.6 Å². The number of piperidine rings is 1. The van der Waals surface area contributed by atoms with Gasteiger partial charge in [-0.05, 0) is 40.5 Å². The molecule has 2 heterocycles. The van der Waals surface area contributed by atoms with Crippen molar-refractivity contribution in [3.63, 3.8) is 0 Å². The van der Waals surface area contributed by atoms with Crippen molar-refractivity contribution in [3.8, 4) is 0 Å². The van der Waals surface area contributed by atoms with E-state index in [1.165, 1.54) is 6.42 Å². The largest absolute Gasteiger partial charge is 0.338 e. The molecule has 1 atom stereocenters. The van der Waals surface area contributed by atoms with Gasteiger partial charge in [0.05, 0.1) is 5.92 Å². The van der Waals surface area contributed by atoms with E-state index in [0.717, 1.165) is 25.4 Å². The number of hydrogen-bond acceptors (Lipinski definition) is 4. The lowest BCUT2D eigenvalue weighted by Crippen LogP contribution is -2.28. The van der Waals surface area contributed by atoms with Crippen LogP contribution in [0.15, 0.2) is 9.26 Å². The standard InChI is InChI=1S/C7H10BrN3O/c8-7-10-6(12-11-7)5-2-1-3-9-4-5/h5,9H,1-4H2. The van der Waals surface area contributed by atoms with Crippen molar-refractivity contribution in [2.45, 2.75) is 18.8 Å². The Kier molecular flexibility index (Phi) is 2.41. The van der Waals surface area contributed by atoms with E-state index in [0.29, 0.717) is 10.7 Å². The highest BCUT2D eigenvalue weighted by Gasteiger charge is 2.20. The second-order valence-corrected chi connectivity index (χ2v) is 3.65. The predicted molar refractivity (Wildman–Crippen MR) is 46.8 cm³/mol. The van der Waals surface area contributed by atoms with Gasteiger partial charge < -0.3 is 9.84 Å². The third-order valence-corrected chi connectivity index (χ3v) is 2.39. The van der Waals surface area contributed by atoms with Gasteiger partial charge in [0, 0.05) is 6.54 Å². The fourth-order valence-corrected chi connectivity index (χ4v) is 1.69. The molecule has 2 rings (SSSR count). The maximum atomic E-state index is 5.06. The molecule has 1 aliphatic heterocycles. The fourth-order valence-electron chi connectivity index (χ4n) is 1.44. The van der Waals surface area contributed by atoms with E-state index < -0.39 is 0 Å². The molecule has 5 heteroatoms. The van der Waals surface area contributed by atoms with Crippen molar-refractivity contribution < 1.29 is 4.52 Å². The molecule has 66 valence electrons. The number of nitrogens with zero attached hydrogens (tertiary/aromatic N) is 2. The molecular weight excluding hydrogens is 222 g/mol. The Morgan fingerprint density at radius 3 is 3.08 bits per heavy atom. The van der Waals surface area contributed by atoms with Crippen LogP contribution < -0.4 is 5.32 Å². The number of aromatic nitrogens is 2. The van der Waals surface area contributed by atoms with Crippen LogP contribution in [0.3, 0.4) is 0 Å². The molecule has 0 aromatic carbocycles. The van der Waals surface area contributed by atoms with Crippen LogP contribution in [0.25, 0.3) is 0 Å². The zero-order valence-corrected chi connectivity index (χ0v) is 8.17. The Morgan fingerprint density at radius 1 is 1.58 bits per heavy atom. The number of halogens is 1. The molecule has 0 spiro atoms. The molecule has 12 heavy (non-hydrogen) atoms. The first-order chi connectivity index (χ1) is 5.86. The van der Waals surface area contributed by atoms with Gasteiger partial charge >= 0.3 is 0 Å². The molecule has 1 aliphatic rings. The summed E-state index contributed by atoms with van der Waals surface area (Å²) in [6.45, 7) is 2.06. The van der Waals surface area contributed by atoms with Crippen LogP contribution in [0.1, 0.15) is 24.7 Å². The summed E-state index contributed by atoms with van der Waals surface area (Å²) in [5, 5.41) is 6.99. The first kappa shape index (κ1) is 8.19. The molecular formula is C7H10BrN3O. The van der Waals surface area contributed by atoms with Gasteiger partial charge in [0.25, 0.3) is 0 Å². The fraction of sp³-hybridized carbons (Fsp3) is 0.714. The van der Waals surface area contributed by atoms with Crippen LogP contribution in [0.2, 0.25) is 0 Å². The van der Waals surface area contributed by atoms with E-state index in [4.69, 9.17) is 4.52 Å². The highest BCUT2D eigenvalue weighted by atomic mass is 79.9. The predicted octanol–water partition coefficient (Wildman–Crippen LogP) is 1.30. The molecule has 4 nitrogen and oxygen atoms in total. The summed E-state index contributed by atoms with van der Waals surface area (Å²) in [6.07, 6.45) is 2.33.